The summed E-state index contributed by atoms with van der Waals surface area (Å²) in [6.45, 7) is 1.56. The summed E-state index contributed by atoms with van der Waals surface area (Å²) in [5.41, 5.74) is 7.47. The number of halogens is 2. The summed E-state index contributed by atoms with van der Waals surface area (Å²) in [7, 11) is 0. The molecule has 0 spiro atoms. The summed E-state index contributed by atoms with van der Waals surface area (Å²) >= 11 is 0. The minimum Gasteiger partial charge on any atom is -0.382 e. The zero-order valence-electron chi connectivity index (χ0n) is 18.3. The number of anilines is 1. The van der Waals surface area contributed by atoms with Gasteiger partial charge >= 0.3 is 0 Å². The second kappa shape index (κ2) is 10.3. The predicted octanol–water partition coefficient (Wildman–Crippen LogP) is 2.42. The molecule has 1 aromatic heterocycles. The van der Waals surface area contributed by atoms with Crippen molar-refractivity contribution in [2.24, 2.45) is 0 Å². The number of carbonyl (C=O) groups excluding carboxylic acids is 2. The molecule has 10 heteroatoms. The van der Waals surface area contributed by atoms with Crippen LogP contribution in [0.5, 0.6) is 0 Å². The Balaban J connectivity index is 1.48. The van der Waals surface area contributed by atoms with Crippen LogP contribution in [-0.2, 0) is 6.54 Å². The van der Waals surface area contributed by atoms with Gasteiger partial charge < -0.3 is 21.7 Å². The maximum Gasteiger partial charge on any atom is 0.274 e. The minimum absolute atomic E-state index is 0.00954. The van der Waals surface area contributed by atoms with Gasteiger partial charge in [0.05, 0.1) is 11.9 Å². The first-order valence-electron chi connectivity index (χ1n) is 10.9. The number of carbonyl (C=O) groups is 2. The Morgan fingerprint density at radius 2 is 1.91 bits per heavy atom. The van der Waals surface area contributed by atoms with Gasteiger partial charge in [-0.15, -0.1) is 0 Å². The second-order valence-electron chi connectivity index (χ2n) is 8.05. The SMILES string of the molecule is Nc1ncc(-c2cccc(C(=O)NCc3cc(F)cc(F)c3)c2)nc1C(=O)N[C@H]1CCCNC1. The number of nitrogen functional groups attached to an aromatic ring is 1. The number of benzene rings is 2. The number of amides is 2. The van der Waals surface area contributed by atoms with E-state index in [0.29, 0.717) is 28.9 Å². The van der Waals surface area contributed by atoms with E-state index >= 15 is 0 Å². The molecule has 1 aliphatic rings. The van der Waals surface area contributed by atoms with Crippen molar-refractivity contribution in [2.45, 2.75) is 25.4 Å². The van der Waals surface area contributed by atoms with E-state index in [1.807, 2.05) is 0 Å². The van der Waals surface area contributed by atoms with E-state index in [9.17, 15) is 18.4 Å². The van der Waals surface area contributed by atoms with Crippen LogP contribution < -0.4 is 21.7 Å². The molecule has 5 N–H and O–H groups in total. The summed E-state index contributed by atoms with van der Waals surface area (Å²) in [6, 6.07) is 9.64. The van der Waals surface area contributed by atoms with Crippen molar-refractivity contribution in [2.75, 3.05) is 18.8 Å². The Bertz CT molecular complexity index is 1190. The van der Waals surface area contributed by atoms with Crippen LogP contribution in [0.4, 0.5) is 14.6 Å². The van der Waals surface area contributed by atoms with Crippen LogP contribution >= 0.6 is 0 Å². The van der Waals surface area contributed by atoms with Gasteiger partial charge in [0.2, 0.25) is 0 Å². The number of hydrogen-bond acceptors (Lipinski definition) is 6. The smallest absolute Gasteiger partial charge is 0.274 e. The van der Waals surface area contributed by atoms with Gasteiger partial charge in [0.1, 0.15) is 11.6 Å². The number of hydrogen-bond donors (Lipinski definition) is 4. The predicted molar refractivity (Wildman–Crippen MR) is 123 cm³/mol. The molecule has 2 amide bonds. The summed E-state index contributed by atoms with van der Waals surface area (Å²) in [6.07, 6.45) is 3.27. The van der Waals surface area contributed by atoms with E-state index in [4.69, 9.17) is 5.73 Å². The fourth-order valence-corrected chi connectivity index (χ4v) is 3.75. The van der Waals surface area contributed by atoms with E-state index in [0.717, 1.165) is 37.6 Å². The molecule has 1 aliphatic heterocycles. The van der Waals surface area contributed by atoms with Gasteiger partial charge in [-0.3, -0.25) is 9.59 Å². The molecule has 2 heterocycles. The molecular formula is C24H24F2N6O2. The van der Waals surface area contributed by atoms with Crippen molar-refractivity contribution in [1.82, 2.24) is 25.9 Å². The summed E-state index contributed by atoms with van der Waals surface area (Å²) in [5.74, 6) is -2.25. The normalized spacial score (nSPS) is 15.5. The number of nitrogens with two attached hydrogens (primary N) is 1. The Hall–Kier alpha value is -3.92. The molecule has 0 aliphatic carbocycles. The highest BCUT2D eigenvalue weighted by Gasteiger charge is 2.20. The van der Waals surface area contributed by atoms with Crippen LogP contribution in [-0.4, -0.2) is 40.9 Å². The Morgan fingerprint density at radius 3 is 2.65 bits per heavy atom. The molecular weight excluding hydrogens is 442 g/mol. The fraction of sp³-hybridized carbons (Fsp3) is 0.250. The van der Waals surface area contributed by atoms with Gasteiger partial charge in [0.25, 0.3) is 11.8 Å². The van der Waals surface area contributed by atoms with E-state index in [-0.39, 0.29) is 24.1 Å². The number of nitrogens with zero attached hydrogens (tertiary/aromatic N) is 2. The van der Waals surface area contributed by atoms with Gasteiger partial charge in [0.15, 0.2) is 11.5 Å². The first-order chi connectivity index (χ1) is 16.4. The Morgan fingerprint density at radius 1 is 1.12 bits per heavy atom. The van der Waals surface area contributed by atoms with Crippen molar-refractivity contribution >= 4 is 17.6 Å². The standard InChI is InChI=1S/C24H24F2N6O2/c25-17-7-14(8-18(26)10-17)11-30-23(33)16-4-1-3-15(9-16)20-13-29-22(27)21(32-20)24(34)31-19-5-2-6-28-12-19/h1,3-4,7-10,13,19,28H,2,5-6,11-12H2,(H2,27,29)(H,30,33)(H,31,34)/t19-/m0/s1. The van der Waals surface area contributed by atoms with E-state index in [1.54, 1.807) is 24.3 Å². The number of rotatable bonds is 6. The quantitative estimate of drug-likeness (QED) is 0.443. The Labute approximate surface area is 195 Å². The summed E-state index contributed by atoms with van der Waals surface area (Å²) in [5, 5.41) is 8.79. The zero-order valence-corrected chi connectivity index (χ0v) is 18.3. The molecule has 0 radical (unpaired) electrons. The third-order valence-electron chi connectivity index (χ3n) is 5.44. The molecule has 4 rings (SSSR count). The highest BCUT2D eigenvalue weighted by Crippen LogP contribution is 2.20. The van der Waals surface area contributed by atoms with Crippen molar-refractivity contribution in [3.05, 3.63) is 77.1 Å². The highest BCUT2D eigenvalue weighted by atomic mass is 19.1. The first kappa shape index (κ1) is 23.2. The molecule has 0 saturated carbocycles. The maximum atomic E-state index is 13.4. The second-order valence-corrected chi connectivity index (χ2v) is 8.05. The van der Waals surface area contributed by atoms with E-state index in [1.165, 1.54) is 6.20 Å². The van der Waals surface area contributed by atoms with Crippen molar-refractivity contribution in [3.63, 3.8) is 0 Å². The molecule has 34 heavy (non-hydrogen) atoms. The van der Waals surface area contributed by atoms with Gasteiger partial charge in [-0.05, 0) is 49.2 Å². The maximum absolute atomic E-state index is 13.4. The zero-order chi connectivity index (χ0) is 24.1. The molecule has 1 fully saturated rings. The number of nitrogens with one attached hydrogen (secondary N) is 3. The van der Waals surface area contributed by atoms with Crippen LogP contribution in [0, 0.1) is 11.6 Å². The molecule has 1 atom stereocenters. The van der Waals surface area contributed by atoms with Gasteiger partial charge in [-0.1, -0.05) is 12.1 Å². The largest absolute Gasteiger partial charge is 0.382 e. The fourth-order valence-electron chi connectivity index (χ4n) is 3.75. The third-order valence-corrected chi connectivity index (χ3v) is 5.44. The van der Waals surface area contributed by atoms with Gasteiger partial charge in [0, 0.05) is 36.3 Å². The monoisotopic (exact) mass is 466 g/mol. The van der Waals surface area contributed by atoms with E-state index < -0.39 is 23.4 Å². The number of aromatic nitrogens is 2. The Kier molecular flexibility index (Phi) is 7.07. The lowest BCUT2D eigenvalue weighted by atomic mass is 10.1. The summed E-state index contributed by atoms with van der Waals surface area (Å²) < 4.78 is 26.7. The molecule has 0 unspecified atom stereocenters. The average molecular weight is 466 g/mol. The third kappa shape index (κ3) is 5.70. The van der Waals surface area contributed by atoms with Crippen molar-refractivity contribution in [1.29, 1.82) is 0 Å². The lowest BCUT2D eigenvalue weighted by Crippen LogP contribution is -2.46. The van der Waals surface area contributed by atoms with Gasteiger partial charge in [-0.2, -0.15) is 0 Å². The molecule has 2 aromatic carbocycles. The minimum atomic E-state index is -0.715. The molecule has 0 bridgehead atoms. The average Bonchev–Trinajstić information content (AvgIpc) is 2.83. The van der Waals surface area contributed by atoms with Crippen LogP contribution in [0.3, 0.4) is 0 Å². The highest BCUT2D eigenvalue weighted by molar-refractivity contribution is 5.97. The van der Waals surface area contributed by atoms with Crippen molar-refractivity contribution < 1.29 is 18.4 Å². The molecule has 1 saturated heterocycles. The van der Waals surface area contributed by atoms with Crippen LogP contribution in [0.25, 0.3) is 11.3 Å². The van der Waals surface area contributed by atoms with Gasteiger partial charge in [-0.25, -0.2) is 18.7 Å². The van der Waals surface area contributed by atoms with Crippen LogP contribution in [0.1, 0.15) is 39.3 Å². The molecule has 3 aromatic rings. The van der Waals surface area contributed by atoms with Crippen LogP contribution in [0.2, 0.25) is 0 Å². The van der Waals surface area contributed by atoms with E-state index in [2.05, 4.69) is 25.9 Å². The summed E-state index contributed by atoms with van der Waals surface area (Å²) in [4.78, 5) is 33.8. The lowest BCUT2D eigenvalue weighted by Gasteiger charge is -2.23. The molecule has 8 nitrogen and oxygen atoms in total. The van der Waals surface area contributed by atoms with Crippen LogP contribution in [0.15, 0.2) is 48.7 Å². The first-order valence-corrected chi connectivity index (χ1v) is 10.9. The lowest BCUT2D eigenvalue weighted by molar-refractivity contribution is 0.0923. The topological polar surface area (TPSA) is 122 Å². The molecule has 176 valence electrons. The number of piperidine rings is 1. The van der Waals surface area contributed by atoms with Crippen molar-refractivity contribution in [3.8, 4) is 11.3 Å².